The van der Waals surface area contributed by atoms with E-state index in [1.807, 2.05) is 24.3 Å². The molecule has 0 spiro atoms. The van der Waals surface area contributed by atoms with Crippen LogP contribution in [0.1, 0.15) is 19.8 Å². The van der Waals surface area contributed by atoms with Gasteiger partial charge < -0.3 is 10.1 Å². The first-order valence-electron chi connectivity index (χ1n) is 9.80. The minimum absolute atomic E-state index is 0.316. The van der Waals surface area contributed by atoms with Crippen molar-refractivity contribution >= 4 is 39.5 Å². The van der Waals surface area contributed by atoms with Crippen LogP contribution in [0.2, 0.25) is 5.02 Å². The average Bonchev–Trinajstić information content (AvgIpc) is 3.14. The van der Waals surface area contributed by atoms with Crippen LogP contribution in [-0.4, -0.2) is 38.6 Å². The fourth-order valence-electron chi connectivity index (χ4n) is 3.53. The Labute approximate surface area is 193 Å². The van der Waals surface area contributed by atoms with Crippen LogP contribution in [-0.2, 0) is 0 Å². The molecular formula is C22H22BrClFN3OS. The number of rotatable bonds is 4. The molecular weight excluding hydrogens is 489 g/mol. The third-order valence-electron chi connectivity index (χ3n) is 5.16. The molecule has 0 bridgehead atoms. The minimum atomic E-state index is -0.317. The van der Waals surface area contributed by atoms with Crippen molar-refractivity contribution in [2.75, 3.05) is 13.1 Å². The second-order valence-electron chi connectivity index (χ2n) is 7.69. The van der Waals surface area contributed by atoms with Gasteiger partial charge in [0.2, 0.25) is 0 Å². The van der Waals surface area contributed by atoms with Crippen molar-refractivity contribution in [3.8, 4) is 22.6 Å². The van der Waals surface area contributed by atoms with E-state index < -0.39 is 0 Å². The van der Waals surface area contributed by atoms with Crippen LogP contribution in [0.15, 0.2) is 52.0 Å². The lowest BCUT2D eigenvalue weighted by Crippen LogP contribution is -2.26. The molecule has 0 aliphatic carbocycles. The zero-order chi connectivity index (χ0) is 21.3. The van der Waals surface area contributed by atoms with Crippen molar-refractivity contribution in [3.05, 3.63) is 57.9 Å². The van der Waals surface area contributed by atoms with Gasteiger partial charge in [0.05, 0.1) is 27.5 Å². The molecule has 2 aromatic carbocycles. The molecule has 2 atom stereocenters. The maximum atomic E-state index is 13.9. The van der Waals surface area contributed by atoms with Gasteiger partial charge in [0.25, 0.3) is 0 Å². The predicted octanol–water partition coefficient (Wildman–Crippen LogP) is 6.40. The first-order chi connectivity index (χ1) is 14.4. The summed E-state index contributed by atoms with van der Waals surface area (Å²) in [5.41, 5.74) is 2.37. The fourth-order valence-corrected chi connectivity index (χ4v) is 5.19. The molecule has 4 rings (SSSR count). The second kappa shape index (κ2) is 9.40. The van der Waals surface area contributed by atoms with Gasteiger partial charge in [0.1, 0.15) is 11.6 Å². The standard InChI is InChI=1S/C22H22BrClFN3OS/c1-13-2-5-16(29)12-28(11-13)30-21-9-15(4-7-18(21)24)22-26-10-20(27-22)14-3-6-17(23)19(25)8-14/h3-4,6-10,13,16,29H,2,5,11-12H2,1H3,(H,26,27). The van der Waals surface area contributed by atoms with E-state index in [2.05, 4.69) is 37.1 Å². The molecule has 4 nitrogen and oxygen atoms in total. The Morgan fingerprint density at radius 3 is 2.80 bits per heavy atom. The van der Waals surface area contributed by atoms with Crippen LogP contribution in [0.3, 0.4) is 0 Å². The number of benzene rings is 2. The van der Waals surface area contributed by atoms with E-state index >= 15 is 0 Å². The molecule has 2 unspecified atom stereocenters. The van der Waals surface area contributed by atoms with Crippen LogP contribution in [0.5, 0.6) is 0 Å². The largest absolute Gasteiger partial charge is 0.392 e. The lowest BCUT2D eigenvalue weighted by molar-refractivity contribution is 0.151. The second-order valence-corrected chi connectivity index (χ2v) is 10.1. The highest BCUT2D eigenvalue weighted by Gasteiger charge is 2.22. The van der Waals surface area contributed by atoms with Crippen LogP contribution >= 0.6 is 39.5 Å². The number of H-pyrrole nitrogens is 1. The summed E-state index contributed by atoms with van der Waals surface area (Å²) >= 11 is 11.2. The van der Waals surface area contributed by atoms with Crippen LogP contribution in [0.4, 0.5) is 4.39 Å². The van der Waals surface area contributed by atoms with Gasteiger partial charge in [-0.15, -0.1) is 0 Å². The number of aromatic amines is 1. The number of nitrogens with zero attached hydrogens (tertiary/aromatic N) is 2. The summed E-state index contributed by atoms with van der Waals surface area (Å²) in [5, 5.41) is 10.8. The number of hydrogen-bond donors (Lipinski definition) is 2. The molecule has 158 valence electrons. The fraction of sp³-hybridized carbons (Fsp3) is 0.318. The molecule has 1 aliphatic rings. The van der Waals surface area contributed by atoms with Crippen LogP contribution in [0, 0.1) is 11.7 Å². The van der Waals surface area contributed by atoms with Gasteiger partial charge in [-0.3, -0.25) is 0 Å². The molecule has 0 saturated carbocycles. The van der Waals surface area contributed by atoms with Crippen molar-refractivity contribution in [2.45, 2.75) is 30.8 Å². The molecule has 1 fully saturated rings. The predicted molar refractivity (Wildman–Crippen MR) is 124 cm³/mol. The maximum absolute atomic E-state index is 13.9. The van der Waals surface area contributed by atoms with Crippen molar-refractivity contribution < 1.29 is 9.50 Å². The van der Waals surface area contributed by atoms with E-state index in [0.29, 0.717) is 27.8 Å². The third-order valence-corrected chi connectivity index (χ3v) is 7.34. The first kappa shape index (κ1) is 21.8. The van der Waals surface area contributed by atoms with E-state index in [4.69, 9.17) is 11.6 Å². The lowest BCUT2D eigenvalue weighted by Gasteiger charge is -2.22. The Hall–Kier alpha value is -1.38. The summed E-state index contributed by atoms with van der Waals surface area (Å²) in [4.78, 5) is 8.66. The SMILES string of the molecule is CC1CCC(O)CN(Sc2cc(-c3ncc(-c4ccc(Br)c(F)c4)[nH]3)ccc2Cl)C1. The Bertz CT molecular complexity index is 1030. The number of nitrogens with one attached hydrogen (secondary N) is 1. The monoisotopic (exact) mass is 509 g/mol. The van der Waals surface area contributed by atoms with E-state index in [1.54, 1.807) is 24.2 Å². The van der Waals surface area contributed by atoms with Gasteiger partial charge in [0, 0.05) is 29.1 Å². The number of aliphatic hydroxyl groups is 1. The Morgan fingerprint density at radius 2 is 2.00 bits per heavy atom. The quantitative estimate of drug-likeness (QED) is 0.399. The van der Waals surface area contributed by atoms with Crippen LogP contribution < -0.4 is 0 Å². The van der Waals surface area contributed by atoms with Gasteiger partial charge in [-0.25, -0.2) is 13.7 Å². The molecule has 2 heterocycles. The highest BCUT2D eigenvalue weighted by Crippen LogP contribution is 2.35. The number of aromatic nitrogens is 2. The normalized spacial score (nSPS) is 20.3. The summed E-state index contributed by atoms with van der Waals surface area (Å²) in [7, 11) is 0. The maximum Gasteiger partial charge on any atom is 0.138 e. The first-order valence-corrected chi connectivity index (χ1v) is 11.7. The molecule has 1 aromatic heterocycles. The van der Waals surface area contributed by atoms with E-state index in [-0.39, 0.29) is 11.9 Å². The number of aliphatic hydroxyl groups excluding tert-OH is 1. The highest BCUT2D eigenvalue weighted by atomic mass is 79.9. The number of halogens is 3. The Balaban J connectivity index is 1.57. The Morgan fingerprint density at radius 1 is 1.20 bits per heavy atom. The summed E-state index contributed by atoms with van der Waals surface area (Å²) in [6, 6.07) is 10.8. The zero-order valence-electron chi connectivity index (χ0n) is 16.4. The topological polar surface area (TPSA) is 52.1 Å². The van der Waals surface area contributed by atoms with Gasteiger partial charge in [-0.05, 0) is 77.0 Å². The van der Waals surface area contributed by atoms with Crippen molar-refractivity contribution in [2.24, 2.45) is 5.92 Å². The summed E-state index contributed by atoms with van der Waals surface area (Å²) in [6.45, 7) is 3.73. The molecule has 0 amide bonds. The van der Waals surface area contributed by atoms with Crippen molar-refractivity contribution in [3.63, 3.8) is 0 Å². The summed E-state index contributed by atoms with van der Waals surface area (Å²) in [6.07, 6.45) is 3.24. The van der Waals surface area contributed by atoms with E-state index in [9.17, 15) is 9.50 Å². The van der Waals surface area contributed by atoms with E-state index in [1.165, 1.54) is 6.07 Å². The molecule has 0 radical (unpaired) electrons. The van der Waals surface area contributed by atoms with Gasteiger partial charge in [-0.2, -0.15) is 0 Å². The van der Waals surface area contributed by atoms with Crippen LogP contribution in [0.25, 0.3) is 22.6 Å². The highest BCUT2D eigenvalue weighted by molar-refractivity contribution is 9.10. The molecule has 1 aliphatic heterocycles. The minimum Gasteiger partial charge on any atom is -0.392 e. The lowest BCUT2D eigenvalue weighted by atomic mass is 10.1. The van der Waals surface area contributed by atoms with Crippen molar-refractivity contribution in [1.82, 2.24) is 14.3 Å². The summed E-state index contributed by atoms with van der Waals surface area (Å²) < 4.78 is 16.5. The smallest absolute Gasteiger partial charge is 0.138 e. The molecule has 30 heavy (non-hydrogen) atoms. The molecule has 8 heteroatoms. The molecule has 3 aromatic rings. The zero-order valence-corrected chi connectivity index (χ0v) is 19.6. The molecule has 1 saturated heterocycles. The summed E-state index contributed by atoms with van der Waals surface area (Å²) in [5.74, 6) is 0.898. The number of hydrogen-bond acceptors (Lipinski definition) is 4. The molecule has 2 N–H and O–H groups in total. The van der Waals surface area contributed by atoms with Gasteiger partial charge in [0.15, 0.2) is 0 Å². The number of imidazole rings is 1. The van der Waals surface area contributed by atoms with Gasteiger partial charge in [-0.1, -0.05) is 24.6 Å². The number of β-amino-alcohol motifs (C(OH)–C–C–N with tert-alkyl or cyclic N) is 1. The van der Waals surface area contributed by atoms with E-state index in [0.717, 1.165) is 41.1 Å². The Kier molecular flexibility index (Phi) is 6.85. The third kappa shape index (κ3) is 5.08. The average molecular weight is 511 g/mol. The van der Waals surface area contributed by atoms with Gasteiger partial charge >= 0.3 is 0 Å². The van der Waals surface area contributed by atoms with Crippen molar-refractivity contribution in [1.29, 1.82) is 0 Å².